The molecule has 0 spiro atoms. The highest BCUT2D eigenvalue weighted by atomic mass is 32.2. The van der Waals surface area contributed by atoms with Crippen molar-refractivity contribution in [2.45, 2.75) is 44.2 Å². The van der Waals surface area contributed by atoms with Crippen LogP contribution >= 0.6 is 0 Å². The van der Waals surface area contributed by atoms with Gasteiger partial charge in [0.1, 0.15) is 0 Å². The lowest BCUT2D eigenvalue weighted by molar-refractivity contribution is -0.118. The van der Waals surface area contributed by atoms with E-state index in [0.29, 0.717) is 0 Å². The normalized spacial score (nSPS) is 12.5. The molecule has 0 saturated carbocycles. The highest BCUT2D eigenvalue weighted by molar-refractivity contribution is 7.89. The van der Waals surface area contributed by atoms with Crippen LogP contribution in [0, 0.1) is 0 Å². The summed E-state index contributed by atoms with van der Waals surface area (Å²) in [4.78, 5) is 12.4. The van der Waals surface area contributed by atoms with Gasteiger partial charge in [0, 0.05) is 12.1 Å². The minimum atomic E-state index is -3.52. The molecule has 0 aliphatic rings. The Bertz CT molecular complexity index is 900. The van der Waals surface area contributed by atoms with E-state index in [2.05, 4.69) is 10.0 Å². The molecule has 0 aliphatic heterocycles. The first-order valence-corrected chi connectivity index (χ1v) is 10.3. The van der Waals surface area contributed by atoms with Gasteiger partial charge in [0.25, 0.3) is 0 Å². The maximum absolute atomic E-state index is 12.2. The van der Waals surface area contributed by atoms with Crippen molar-refractivity contribution < 1.29 is 13.2 Å². The first-order valence-electron chi connectivity index (χ1n) is 8.78. The third-order valence-corrected chi connectivity index (χ3v) is 5.61. The van der Waals surface area contributed by atoms with Crippen LogP contribution in [0.15, 0.2) is 65.6 Å². The van der Waals surface area contributed by atoms with E-state index in [1.54, 1.807) is 32.1 Å². The first kappa shape index (κ1) is 20.9. The van der Waals surface area contributed by atoms with Crippen molar-refractivity contribution in [2.24, 2.45) is 0 Å². The molecule has 0 radical (unpaired) electrons. The van der Waals surface area contributed by atoms with E-state index < -0.39 is 15.6 Å². The summed E-state index contributed by atoms with van der Waals surface area (Å²) in [5.74, 6) is -0.220. The van der Waals surface area contributed by atoms with E-state index >= 15 is 0 Å². The van der Waals surface area contributed by atoms with Gasteiger partial charge in [-0.25, -0.2) is 13.1 Å². The Morgan fingerprint density at radius 1 is 1.00 bits per heavy atom. The molecule has 6 heteroatoms. The molecule has 0 unspecified atom stereocenters. The predicted molar refractivity (Wildman–Crippen MR) is 109 cm³/mol. The number of sulfonamides is 1. The van der Waals surface area contributed by atoms with Crippen LogP contribution in [0.2, 0.25) is 0 Å². The fraction of sp³-hybridized carbons (Fsp3) is 0.286. The summed E-state index contributed by atoms with van der Waals surface area (Å²) in [6.45, 7) is 7.42. The number of hydrogen-bond donors (Lipinski definition) is 2. The van der Waals surface area contributed by atoms with Gasteiger partial charge in [-0.15, -0.1) is 0 Å². The van der Waals surface area contributed by atoms with Crippen LogP contribution in [-0.2, 0) is 20.4 Å². The van der Waals surface area contributed by atoms with Gasteiger partial charge in [-0.2, -0.15) is 0 Å². The summed E-state index contributed by atoms with van der Waals surface area (Å²) < 4.78 is 26.8. The lowest BCUT2D eigenvalue weighted by Gasteiger charge is -2.26. The Balaban J connectivity index is 2.04. The Labute approximate surface area is 161 Å². The van der Waals surface area contributed by atoms with E-state index in [1.165, 1.54) is 18.2 Å². The summed E-state index contributed by atoms with van der Waals surface area (Å²) in [5, 5.41) is 2.97. The van der Waals surface area contributed by atoms with E-state index in [4.69, 9.17) is 0 Å². The molecule has 1 amide bonds. The Hall–Kier alpha value is -2.44. The molecular formula is C21H26N2O3S. The number of rotatable bonds is 7. The zero-order valence-electron chi connectivity index (χ0n) is 16.1. The van der Waals surface area contributed by atoms with Gasteiger partial charge in [0.05, 0.1) is 10.4 Å². The quantitative estimate of drug-likeness (QED) is 0.716. The predicted octanol–water partition coefficient (Wildman–Crippen LogP) is 3.44. The van der Waals surface area contributed by atoms with Crippen molar-refractivity contribution in [1.29, 1.82) is 0 Å². The van der Waals surface area contributed by atoms with Crippen molar-refractivity contribution in [1.82, 2.24) is 10.0 Å². The minimum Gasteiger partial charge on any atom is -0.344 e. The van der Waals surface area contributed by atoms with Gasteiger partial charge in [0.2, 0.25) is 15.9 Å². The largest absolute Gasteiger partial charge is 0.344 e. The molecule has 0 heterocycles. The standard InChI is InChI=1S/C21H26N2O3S/c1-16(2)23-27(25,26)19-13-10-17(11-14-19)12-15-20(24)22-21(3,4)18-8-6-5-7-9-18/h5-16,23H,1-4H3,(H,22,24)/b15-12+. The van der Waals surface area contributed by atoms with Crippen molar-refractivity contribution in [3.63, 3.8) is 0 Å². The summed E-state index contributed by atoms with van der Waals surface area (Å²) in [6.07, 6.45) is 3.10. The van der Waals surface area contributed by atoms with Gasteiger partial charge in [-0.05, 0) is 57.0 Å². The molecule has 2 aromatic carbocycles. The zero-order chi connectivity index (χ0) is 20.1. The molecule has 0 fully saturated rings. The lowest BCUT2D eigenvalue weighted by Crippen LogP contribution is -2.40. The summed E-state index contributed by atoms with van der Waals surface area (Å²) in [5.41, 5.74) is 1.26. The first-order chi connectivity index (χ1) is 12.6. The number of hydrogen-bond acceptors (Lipinski definition) is 3. The topological polar surface area (TPSA) is 75.3 Å². The molecule has 2 rings (SSSR count). The number of benzene rings is 2. The fourth-order valence-corrected chi connectivity index (χ4v) is 3.84. The Morgan fingerprint density at radius 3 is 2.15 bits per heavy atom. The van der Waals surface area contributed by atoms with E-state index in [-0.39, 0.29) is 16.8 Å². The van der Waals surface area contributed by atoms with Crippen molar-refractivity contribution >= 4 is 22.0 Å². The van der Waals surface area contributed by atoms with Crippen LogP contribution in [0.5, 0.6) is 0 Å². The van der Waals surface area contributed by atoms with Gasteiger partial charge < -0.3 is 5.32 Å². The number of nitrogens with one attached hydrogen (secondary N) is 2. The third-order valence-electron chi connectivity index (χ3n) is 3.94. The molecular weight excluding hydrogens is 360 g/mol. The smallest absolute Gasteiger partial charge is 0.244 e. The maximum Gasteiger partial charge on any atom is 0.244 e. The van der Waals surface area contributed by atoms with Crippen LogP contribution < -0.4 is 10.0 Å². The van der Waals surface area contributed by atoms with Crippen molar-refractivity contribution in [3.8, 4) is 0 Å². The minimum absolute atomic E-state index is 0.175. The summed E-state index contributed by atoms with van der Waals surface area (Å²) in [6, 6.07) is 15.9. The van der Waals surface area contributed by atoms with Crippen LogP contribution in [0.3, 0.4) is 0 Å². The molecule has 144 valence electrons. The van der Waals surface area contributed by atoms with Crippen LogP contribution in [0.1, 0.15) is 38.8 Å². The number of carbonyl (C=O) groups excluding carboxylic acids is 1. The number of carbonyl (C=O) groups is 1. The van der Waals surface area contributed by atoms with Crippen LogP contribution in [0.25, 0.3) is 6.08 Å². The Morgan fingerprint density at radius 2 is 1.59 bits per heavy atom. The molecule has 0 bridgehead atoms. The second-order valence-corrected chi connectivity index (χ2v) is 8.87. The van der Waals surface area contributed by atoms with Crippen molar-refractivity contribution in [3.05, 3.63) is 71.8 Å². The maximum atomic E-state index is 12.2. The zero-order valence-corrected chi connectivity index (χ0v) is 16.9. The molecule has 27 heavy (non-hydrogen) atoms. The highest BCUT2D eigenvalue weighted by Gasteiger charge is 2.21. The lowest BCUT2D eigenvalue weighted by atomic mass is 9.94. The molecule has 2 aromatic rings. The van der Waals surface area contributed by atoms with E-state index in [1.807, 2.05) is 44.2 Å². The van der Waals surface area contributed by atoms with E-state index in [0.717, 1.165) is 11.1 Å². The van der Waals surface area contributed by atoms with Crippen LogP contribution in [0.4, 0.5) is 0 Å². The highest BCUT2D eigenvalue weighted by Crippen LogP contribution is 2.19. The SMILES string of the molecule is CC(C)NS(=O)(=O)c1ccc(/C=C/C(=O)NC(C)(C)c2ccccc2)cc1. The Kier molecular flexibility index (Phi) is 6.57. The fourth-order valence-electron chi connectivity index (χ4n) is 2.59. The molecule has 0 aromatic heterocycles. The summed E-state index contributed by atoms with van der Waals surface area (Å²) in [7, 11) is -3.52. The van der Waals surface area contributed by atoms with Gasteiger partial charge in [-0.3, -0.25) is 4.79 Å². The molecule has 0 atom stereocenters. The average molecular weight is 387 g/mol. The second-order valence-electron chi connectivity index (χ2n) is 7.16. The average Bonchev–Trinajstić information content (AvgIpc) is 2.60. The van der Waals surface area contributed by atoms with Crippen molar-refractivity contribution in [2.75, 3.05) is 0 Å². The van der Waals surface area contributed by atoms with E-state index in [9.17, 15) is 13.2 Å². The molecule has 0 saturated heterocycles. The van der Waals surface area contributed by atoms with Gasteiger partial charge in [0.15, 0.2) is 0 Å². The summed E-state index contributed by atoms with van der Waals surface area (Å²) >= 11 is 0. The molecule has 5 nitrogen and oxygen atoms in total. The third kappa shape index (κ3) is 6.05. The second kappa shape index (κ2) is 8.50. The molecule has 0 aliphatic carbocycles. The van der Waals surface area contributed by atoms with Gasteiger partial charge >= 0.3 is 0 Å². The van der Waals surface area contributed by atoms with Gasteiger partial charge in [-0.1, -0.05) is 42.5 Å². The monoisotopic (exact) mass is 386 g/mol. The molecule has 2 N–H and O–H groups in total. The van der Waals surface area contributed by atoms with Crippen LogP contribution in [-0.4, -0.2) is 20.4 Å². The number of amides is 1.